The number of carbonyl (C=O) groups is 3. The molecule has 0 radical (unpaired) electrons. The van der Waals surface area contributed by atoms with E-state index < -0.39 is 152 Å². The first-order chi connectivity index (χ1) is 31.3. The van der Waals surface area contributed by atoms with E-state index in [0.29, 0.717) is 0 Å². The van der Waals surface area contributed by atoms with Crippen LogP contribution in [0.3, 0.4) is 0 Å². The molecule has 0 saturated heterocycles. The Morgan fingerprint density at radius 2 is 0.685 bits per heavy atom. The van der Waals surface area contributed by atoms with Crippen LogP contribution in [0.4, 0.5) is 65.9 Å². The molecule has 0 N–H and O–H groups in total. The first kappa shape index (κ1) is 81.2. The summed E-state index contributed by atoms with van der Waals surface area (Å²) in [5, 5.41) is 0. The Morgan fingerprint density at radius 1 is 0.411 bits per heavy atom. The summed E-state index contributed by atoms with van der Waals surface area (Å²) in [5.74, 6) is -2.60. The average molecular weight is 2370 g/mol. The molecule has 0 aliphatic heterocycles. The molecule has 0 aliphatic carbocycles. The van der Waals surface area contributed by atoms with Gasteiger partial charge < -0.3 is 78.8 Å². The molecule has 0 aromatic carbocycles. The predicted molar refractivity (Wildman–Crippen MR) is 200 cm³/mol. The molecule has 5 atom stereocenters. The topological polar surface area (TPSA) is 162 Å². The van der Waals surface area contributed by atoms with Crippen molar-refractivity contribution >= 4 is 17.9 Å². The van der Waals surface area contributed by atoms with Gasteiger partial charge in [-0.05, 0) is 20.8 Å². The second kappa shape index (κ2) is 39.0. The van der Waals surface area contributed by atoms with Gasteiger partial charge >= 0.3 is 17.9 Å². The van der Waals surface area contributed by atoms with E-state index >= 15 is 0 Å². The van der Waals surface area contributed by atoms with Crippen molar-refractivity contribution in [3.05, 3.63) is 69.8 Å². The molecule has 0 amide bonds. The van der Waals surface area contributed by atoms with Gasteiger partial charge in [0.15, 0.2) is 6.10 Å². The Bertz CT molecular complexity index is 1510. The van der Waals surface area contributed by atoms with Crippen molar-refractivity contribution in [2.45, 2.75) is 81.8 Å². The maximum Gasteiger partial charge on any atom is 0.333 e. The molecule has 15 nitrogen and oxygen atoms in total. The normalized spacial score (nSPS) is 13.4. The largest absolute Gasteiger partial charge is 0.454 e. The van der Waals surface area contributed by atoms with Crippen LogP contribution < -0.4 is 0 Å². The van der Waals surface area contributed by atoms with Crippen molar-refractivity contribution in [3.63, 3.8) is 0 Å². The molecule has 35 heteroatoms. The van der Waals surface area contributed by atoms with Gasteiger partial charge in [0.25, 0.3) is 30.5 Å². The molecule has 0 aromatic heterocycles. The summed E-state index contributed by atoms with van der Waals surface area (Å²) in [5.41, 5.74) is 0.0467. The van der Waals surface area contributed by atoms with E-state index in [2.05, 4.69) is 48.2 Å². The Labute approximate surface area is 381 Å². The summed E-state index contributed by atoms with van der Waals surface area (Å²) >= 11 is 0. The first-order valence-corrected chi connectivity index (χ1v) is 18.3. The van der Waals surface area contributed by atoms with E-state index in [9.17, 15) is 80.2 Å². The molecule has 73 heavy (non-hydrogen) atoms. The third-order valence-electron chi connectivity index (χ3n) is 6.64. The fourth-order valence-corrected chi connectivity index (χ4v) is 3.51. The van der Waals surface area contributed by atoms with Crippen molar-refractivity contribution in [1.29, 1.82) is 0 Å². The number of rotatable bonds is 35. The van der Waals surface area contributed by atoms with Gasteiger partial charge in [-0.3, -0.25) is 0 Å². The van der Waals surface area contributed by atoms with Crippen molar-refractivity contribution < 1.29 is 137 Å². The van der Waals surface area contributed by atoms with Gasteiger partial charge in [0.2, 0.25) is 0 Å². The fourth-order valence-electron chi connectivity index (χ4n) is 3.51. The number of alkyl halides is 10. The Morgan fingerprint density at radius 3 is 0.986 bits per heavy atom. The first-order valence-electron chi connectivity index (χ1n) is 18.3. The summed E-state index contributed by atoms with van der Waals surface area (Å²) in [6, 6.07) is 0. The van der Waals surface area contributed by atoms with Crippen LogP contribution in [0.2, 0.25) is 0 Å². The van der Waals surface area contributed by atoms with Crippen LogP contribution in [0.15, 0.2) is 36.5 Å². The van der Waals surface area contributed by atoms with Gasteiger partial charge in [-0.1, -0.05) is 53.1 Å². The predicted octanol–water partition coefficient (Wildman–Crippen LogP) is 7.82. The summed E-state index contributed by atoms with van der Waals surface area (Å²) in [7, 11) is 3.54. The Hall–Kier alpha value is -8.78. The minimum atomic E-state index is -4.41. The number of ether oxygens (including phenoxy) is 12. The second-order valence-corrected chi connectivity index (χ2v) is 12.9. The SMILES string of the molecule is C=C(C)C(=O)OC(COC(F)(F)[CH-]F)C(COC(F)(F)[CH-]F)OC.C=C(C)C(=O)OC(COC)COC(F)(F)[CH-]F.C=C(C)C(=O)OC(COC)COCC(COC(F)(F)[CH-]F)OC(F)(F)[CH-]F.[Rf].[Rf].[Rf].[Rf].[Rf]. The van der Waals surface area contributed by atoms with Crippen LogP contribution in [-0.4, -0.2) is 153 Å². The molecular weight excluding hydrogens is 2320 g/mol. The molecule has 0 saturated carbocycles. The second-order valence-electron chi connectivity index (χ2n) is 12.9. The number of esters is 3. The maximum absolute atomic E-state index is 12.9. The van der Waals surface area contributed by atoms with Crippen LogP contribution in [0.1, 0.15) is 20.8 Å². The van der Waals surface area contributed by atoms with Gasteiger partial charge in [-0.15, -0.1) is 0 Å². The third-order valence-corrected chi connectivity index (χ3v) is 6.64. The van der Waals surface area contributed by atoms with Crippen LogP contribution >= 0.6 is 0 Å². The zero-order chi connectivity index (χ0) is 53.5. The standard InChI is InChI=1S/C15H20F6O6.C13H16F6O5.C10H14F3O4.5Rf/c1-10(2)13(22)26-11(4-23-3)5-24-6-12(27-15(20,21)9-17)7-25-14(18,19)8-16;1-8(2)11(20)24-10(5-23-13(18,19)7-15)9(21-3)4-22-12(16,17)6-14;1-7(2)9(14)17-8(4-15-3)5-16-10(12,13)6-11;;;;;/h8-9,11-12H,1,4-7H2,2-3H3;6-7,9-10H,1,4-5H2,2-3H3;6,8H,1,4-5H2,2-3H3;;;;;/q2*-2;-1;;;;;. The molecule has 0 aliphatic rings. The van der Waals surface area contributed by atoms with Crippen LogP contribution in [0.5, 0.6) is 0 Å². The fraction of sp³-hybridized carbons (Fsp3) is 0.632. The number of hydrogen-bond donors (Lipinski definition) is 0. The van der Waals surface area contributed by atoms with E-state index in [1.807, 2.05) is 0 Å². The molecule has 0 heterocycles. The number of carbonyl (C=O) groups excluding carboxylic acids is 3. The van der Waals surface area contributed by atoms with E-state index in [1.165, 1.54) is 35.0 Å². The minimum absolute atomic E-state index is 0. The van der Waals surface area contributed by atoms with Gasteiger partial charge in [0, 0.05) is 38.0 Å². The van der Waals surface area contributed by atoms with E-state index in [0.717, 1.165) is 7.11 Å². The van der Waals surface area contributed by atoms with E-state index in [1.54, 1.807) is 0 Å². The summed E-state index contributed by atoms with van der Waals surface area (Å²) < 4.78 is 239. The quantitative estimate of drug-likeness (QED) is 0.0198. The van der Waals surface area contributed by atoms with Crippen molar-refractivity contribution in [2.24, 2.45) is 0 Å². The minimum Gasteiger partial charge on any atom is -0.454 e. The Kier molecular flexibility index (Phi) is 43.4. The monoisotopic (exact) mass is 2370 g/mol. The Balaban J connectivity index is -0.000000143. The molecular formula is C38H50F15O15Rf5-5. The summed E-state index contributed by atoms with van der Waals surface area (Å²) in [4.78, 5) is 34.0. The maximum atomic E-state index is 12.9. The van der Waals surface area contributed by atoms with Crippen molar-refractivity contribution in [1.82, 2.24) is 0 Å². The third kappa shape index (κ3) is 39.7. The molecule has 0 rings (SSSR count). The smallest absolute Gasteiger partial charge is 0.333 e. The zero-order valence-electron chi connectivity index (χ0n) is 40.4. The molecule has 0 aromatic rings. The van der Waals surface area contributed by atoms with Crippen LogP contribution in [0.25, 0.3) is 0 Å². The van der Waals surface area contributed by atoms with Gasteiger partial charge in [-0.2, -0.15) is 0 Å². The van der Waals surface area contributed by atoms with Gasteiger partial charge in [0.05, 0.1) is 52.9 Å². The number of halogens is 15. The van der Waals surface area contributed by atoms with E-state index in [-0.39, 0.29) is 29.9 Å². The molecule has 0 spiro atoms. The summed E-state index contributed by atoms with van der Waals surface area (Å²) in [6.45, 7) is 3.13. The summed E-state index contributed by atoms with van der Waals surface area (Å²) in [6.07, 6.45) is -28.5. The zero-order valence-corrected chi connectivity index (χ0v) is 72.4. The van der Waals surface area contributed by atoms with Crippen LogP contribution in [0, 0.1) is 33.4 Å². The molecule has 0 fully saturated rings. The molecule has 412 valence electrons. The number of hydrogen-bond acceptors (Lipinski definition) is 15. The van der Waals surface area contributed by atoms with Crippen LogP contribution in [-0.2, 0) is 71.2 Å². The van der Waals surface area contributed by atoms with Crippen molar-refractivity contribution in [2.75, 3.05) is 74.2 Å². The average Bonchev–Trinajstić information content (AvgIpc) is 3.26. The van der Waals surface area contributed by atoms with Gasteiger partial charge in [0.1, 0.15) is 24.4 Å². The van der Waals surface area contributed by atoms with E-state index in [4.69, 9.17) is 28.4 Å². The van der Waals surface area contributed by atoms with Crippen molar-refractivity contribution in [3.8, 4) is 0 Å². The van der Waals surface area contributed by atoms with Gasteiger partial charge in [-0.25, -0.2) is 58.3 Å². The molecule has 5 unspecified atom stereocenters. The molecule has 0 bridgehead atoms. The number of methoxy groups -OCH3 is 3.